The fourth-order valence-corrected chi connectivity index (χ4v) is 5.53. The normalized spacial score (nSPS) is 22.5. The van der Waals surface area contributed by atoms with Crippen LogP contribution in [-0.4, -0.2) is 21.6 Å². The summed E-state index contributed by atoms with van der Waals surface area (Å²) >= 11 is 0. The molecular formula is C26H28N2O3. The molecule has 0 saturated carbocycles. The lowest BCUT2D eigenvalue weighted by molar-refractivity contribution is -0.137. The zero-order chi connectivity index (χ0) is 21.6. The minimum Gasteiger partial charge on any atom is -0.480 e. The Morgan fingerprint density at radius 3 is 2.74 bits per heavy atom. The molecule has 0 fully saturated rings. The van der Waals surface area contributed by atoms with Gasteiger partial charge in [-0.05, 0) is 61.3 Å². The lowest BCUT2D eigenvalue weighted by atomic mass is 9.73. The molecule has 5 nitrogen and oxygen atoms in total. The minimum atomic E-state index is -0.842. The molecule has 2 N–H and O–H groups in total. The maximum absolute atomic E-state index is 13.5. The van der Waals surface area contributed by atoms with Crippen molar-refractivity contribution in [3.63, 3.8) is 0 Å². The molecule has 31 heavy (non-hydrogen) atoms. The van der Waals surface area contributed by atoms with Crippen LogP contribution in [0.5, 0.6) is 0 Å². The van der Waals surface area contributed by atoms with E-state index in [1.54, 1.807) is 0 Å². The SMILES string of the molecule is CC1(C(=O)N[C@@H]2CCCc3ccccc32)CCc2c(c3ccccc3n2CC(=O)O)C1. The first-order valence-electron chi connectivity index (χ1n) is 11.2. The van der Waals surface area contributed by atoms with Gasteiger partial charge >= 0.3 is 5.97 Å². The molecule has 2 aliphatic rings. The van der Waals surface area contributed by atoms with Gasteiger partial charge in [-0.2, -0.15) is 0 Å². The highest BCUT2D eigenvalue weighted by atomic mass is 16.4. The third-order valence-electron chi connectivity index (χ3n) is 7.19. The molecule has 0 spiro atoms. The summed E-state index contributed by atoms with van der Waals surface area (Å²) in [6, 6.07) is 16.5. The van der Waals surface area contributed by atoms with E-state index in [1.165, 1.54) is 11.1 Å². The number of carboxylic acid groups (broad SMARTS) is 1. The number of nitrogens with one attached hydrogen (secondary N) is 1. The number of aromatic nitrogens is 1. The van der Waals surface area contributed by atoms with Crippen molar-refractivity contribution in [1.29, 1.82) is 0 Å². The molecular weight excluding hydrogens is 388 g/mol. The summed E-state index contributed by atoms with van der Waals surface area (Å²) in [5.41, 5.74) is 5.23. The third kappa shape index (κ3) is 3.42. The van der Waals surface area contributed by atoms with Crippen molar-refractivity contribution in [1.82, 2.24) is 9.88 Å². The maximum Gasteiger partial charge on any atom is 0.323 e. The average molecular weight is 417 g/mol. The average Bonchev–Trinajstić information content (AvgIpc) is 3.06. The second-order valence-corrected chi connectivity index (χ2v) is 9.28. The highest BCUT2D eigenvalue weighted by Crippen LogP contribution is 2.41. The van der Waals surface area contributed by atoms with Gasteiger partial charge in [0.15, 0.2) is 0 Å². The quantitative estimate of drug-likeness (QED) is 0.662. The van der Waals surface area contributed by atoms with Gasteiger partial charge in [-0.1, -0.05) is 49.4 Å². The van der Waals surface area contributed by atoms with Gasteiger partial charge in [-0.25, -0.2) is 0 Å². The van der Waals surface area contributed by atoms with E-state index in [0.717, 1.165) is 47.8 Å². The standard InChI is InChI=1S/C26H28N2O3/c1-26(25(31)27-21-11-6-8-17-7-2-3-9-18(17)21)14-13-23-20(15-26)19-10-4-5-12-22(19)28(23)16-24(29)30/h2-5,7,9-10,12,21H,6,8,11,13-16H2,1H3,(H,27,31)(H,29,30)/t21-,26?/m1/s1. The van der Waals surface area contributed by atoms with Crippen molar-refractivity contribution >= 4 is 22.8 Å². The van der Waals surface area contributed by atoms with E-state index in [4.69, 9.17) is 0 Å². The first-order chi connectivity index (χ1) is 15.0. The van der Waals surface area contributed by atoms with Crippen LogP contribution in [0.1, 0.15) is 54.6 Å². The number of carbonyl (C=O) groups is 2. The van der Waals surface area contributed by atoms with Crippen molar-refractivity contribution < 1.29 is 14.7 Å². The van der Waals surface area contributed by atoms with Crippen LogP contribution < -0.4 is 5.32 Å². The second-order valence-electron chi connectivity index (χ2n) is 9.28. The zero-order valence-electron chi connectivity index (χ0n) is 17.9. The molecule has 0 radical (unpaired) electrons. The molecule has 1 unspecified atom stereocenters. The largest absolute Gasteiger partial charge is 0.480 e. The zero-order valence-corrected chi connectivity index (χ0v) is 17.9. The molecule has 0 saturated heterocycles. The number of para-hydroxylation sites is 1. The monoisotopic (exact) mass is 416 g/mol. The maximum atomic E-state index is 13.5. The van der Waals surface area contributed by atoms with Gasteiger partial charge in [0.05, 0.1) is 11.5 Å². The van der Waals surface area contributed by atoms with E-state index in [9.17, 15) is 14.7 Å². The van der Waals surface area contributed by atoms with Crippen LogP contribution in [0.2, 0.25) is 0 Å². The number of amides is 1. The van der Waals surface area contributed by atoms with E-state index in [-0.39, 0.29) is 18.5 Å². The van der Waals surface area contributed by atoms with Crippen molar-refractivity contribution in [2.24, 2.45) is 5.41 Å². The van der Waals surface area contributed by atoms with Gasteiger partial charge in [-0.15, -0.1) is 0 Å². The highest BCUT2D eigenvalue weighted by Gasteiger charge is 2.40. The molecule has 0 bridgehead atoms. The Labute approximate surface area is 182 Å². The molecule has 5 heteroatoms. The van der Waals surface area contributed by atoms with Crippen LogP contribution in [0, 0.1) is 5.41 Å². The number of nitrogens with zero attached hydrogens (tertiary/aromatic N) is 1. The van der Waals surface area contributed by atoms with Crippen molar-refractivity contribution in [3.05, 3.63) is 70.9 Å². The predicted octanol–water partition coefficient (Wildman–Crippen LogP) is 4.41. The van der Waals surface area contributed by atoms with Crippen LogP contribution >= 0.6 is 0 Å². The number of carbonyl (C=O) groups excluding carboxylic acids is 1. The molecule has 2 atom stereocenters. The predicted molar refractivity (Wildman–Crippen MR) is 120 cm³/mol. The molecule has 0 aliphatic heterocycles. The molecule has 1 aromatic heterocycles. The first kappa shape index (κ1) is 19.9. The summed E-state index contributed by atoms with van der Waals surface area (Å²) in [6.07, 6.45) is 5.20. The Morgan fingerprint density at radius 2 is 1.90 bits per heavy atom. The topological polar surface area (TPSA) is 71.3 Å². The van der Waals surface area contributed by atoms with Gasteiger partial charge in [0.25, 0.3) is 0 Å². The number of benzene rings is 2. The smallest absolute Gasteiger partial charge is 0.323 e. The molecule has 160 valence electrons. The van der Waals surface area contributed by atoms with E-state index in [2.05, 4.69) is 36.5 Å². The van der Waals surface area contributed by atoms with Crippen LogP contribution in [0.4, 0.5) is 0 Å². The van der Waals surface area contributed by atoms with E-state index < -0.39 is 11.4 Å². The molecule has 1 heterocycles. The molecule has 1 amide bonds. The first-order valence-corrected chi connectivity index (χ1v) is 11.2. The number of aliphatic carboxylic acids is 1. The van der Waals surface area contributed by atoms with Crippen molar-refractivity contribution in [2.45, 2.75) is 58.0 Å². The summed E-state index contributed by atoms with van der Waals surface area (Å²) in [5, 5.41) is 13.8. The van der Waals surface area contributed by atoms with Crippen molar-refractivity contribution in [3.8, 4) is 0 Å². The number of hydrogen-bond donors (Lipinski definition) is 2. The fraction of sp³-hybridized carbons (Fsp3) is 0.385. The van der Waals surface area contributed by atoms with Gasteiger partial charge in [0.2, 0.25) is 5.91 Å². The highest BCUT2D eigenvalue weighted by molar-refractivity contribution is 5.90. The van der Waals surface area contributed by atoms with E-state index in [0.29, 0.717) is 12.8 Å². The number of rotatable bonds is 4. The summed E-state index contributed by atoms with van der Waals surface area (Å²) in [4.78, 5) is 25.0. The van der Waals surface area contributed by atoms with Crippen LogP contribution in [0.3, 0.4) is 0 Å². The Balaban J connectivity index is 1.45. The van der Waals surface area contributed by atoms with Crippen LogP contribution in [-0.2, 0) is 35.4 Å². The Kier molecular flexibility index (Phi) is 4.84. The molecule has 2 aliphatic carbocycles. The van der Waals surface area contributed by atoms with E-state index >= 15 is 0 Å². The van der Waals surface area contributed by atoms with E-state index in [1.807, 2.05) is 28.8 Å². The Hall–Kier alpha value is -3.08. The van der Waals surface area contributed by atoms with Gasteiger partial charge in [0, 0.05) is 16.6 Å². The van der Waals surface area contributed by atoms with Gasteiger partial charge in [0.1, 0.15) is 6.54 Å². The Morgan fingerprint density at radius 1 is 1.13 bits per heavy atom. The number of fused-ring (bicyclic) bond motifs is 4. The number of hydrogen-bond acceptors (Lipinski definition) is 2. The van der Waals surface area contributed by atoms with Crippen LogP contribution in [0.25, 0.3) is 10.9 Å². The number of aryl methyl sites for hydroxylation is 1. The van der Waals surface area contributed by atoms with Crippen LogP contribution in [0.15, 0.2) is 48.5 Å². The van der Waals surface area contributed by atoms with Crippen molar-refractivity contribution in [2.75, 3.05) is 0 Å². The summed E-state index contributed by atoms with van der Waals surface area (Å²) in [5.74, 6) is -0.736. The van der Waals surface area contributed by atoms with Gasteiger partial charge < -0.3 is 15.0 Å². The minimum absolute atomic E-state index is 0.0440. The molecule has 5 rings (SSSR count). The molecule has 2 aromatic carbocycles. The number of carboxylic acids is 1. The fourth-order valence-electron chi connectivity index (χ4n) is 5.53. The molecule has 3 aromatic rings. The lowest BCUT2D eigenvalue weighted by Gasteiger charge is -2.36. The Bertz CT molecular complexity index is 1180. The van der Waals surface area contributed by atoms with Gasteiger partial charge in [-0.3, -0.25) is 9.59 Å². The summed E-state index contributed by atoms with van der Waals surface area (Å²) in [6.45, 7) is 2.01. The lowest BCUT2D eigenvalue weighted by Crippen LogP contribution is -2.44. The summed E-state index contributed by atoms with van der Waals surface area (Å²) in [7, 11) is 0. The summed E-state index contributed by atoms with van der Waals surface area (Å²) < 4.78 is 1.92. The second kappa shape index (κ2) is 7.56. The third-order valence-corrected chi connectivity index (χ3v) is 7.19.